The van der Waals surface area contributed by atoms with E-state index >= 15 is 0 Å². The molecule has 2 heterocycles. The molecule has 8 heteroatoms. The summed E-state index contributed by atoms with van der Waals surface area (Å²) < 4.78 is 1.70. The number of benzene rings is 2. The Hall–Kier alpha value is -2.71. The van der Waals surface area contributed by atoms with Gasteiger partial charge >= 0.3 is 0 Å². The van der Waals surface area contributed by atoms with E-state index < -0.39 is 0 Å². The zero-order chi connectivity index (χ0) is 20.9. The minimum absolute atomic E-state index is 0.0802. The number of tetrazole rings is 1. The van der Waals surface area contributed by atoms with Crippen molar-refractivity contribution in [1.82, 2.24) is 25.1 Å². The summed E-state index contributed by atoms with van der Waals surface area (Å²) in [6, 6.07) is 14.2. The van der Waals surface area contributed by atoms with Gasteiger partial charge in [-0.05, 0) is 79.0 Å². The van der Waals surface area contributed by atoms with Gasteiger partial charge < -0.3 is 5.32 Å². The molecule has 2 aromatic carbocycles. The van der Waals surface area contributed by atoms with Crippen molar-refractivity contribution >= 4 is 23.4 Å². The van der Waals surface area contributed by atoms with E-state index in [0.717, 1.165) is 29.0 Å². The number of carbonyl (C=O) groups is 1. The maximum atomic E-state index is 12.4. The lowest BCUT2D eigenvalue weighted by molar-refractivity contribution is -0.113. The van der Waals surface area contributed by atoms with Gasteiger partial charge in [-0.25, -0.2) is 0 Å². The summed E-state index contributed by atoms with van der Waals surface area (Å²) >= 11 is 1.33. The van der Waals surface area contributed by atoms with Crippen molar-refractivity contribution in [3.05, 3.63) is 59.2 Å². The number of anilines is 1. The molecule has 7 nitrogen and oxygen atoms in total. The first-order chi connectivity index (χ1) is 14.6. The summed E-state index contributed by atoms with van der Waals surface area (Å²) in [6.07, 6.45) is 2.58. The van der Waals surface area contributed by atoms with Gasteiger partial charge in [0, 0.05) is 12.2 Å². The number of rotatable bonds is 7. The smallest absolute Gasteiger partial charge is 0.234 e. The average molecular weight is 423 g/mol. The third kappa shape index (κ3) is 4.88. The molecule has 1 aromatic heterocycles. The standard InChI is InChI=1S/C22H26N6OS/c1-16-6-5-7-17(2)21(16)28-22(24-25-26-28)30-15-20(29)23-19-10-8-18(9-11-19)14-27-12-3-4-13-27/h5-11H,3-4,12-15H2,1-2H3,(H,23,29). The topological polar surface area (TPSA) is 75.9 Å². The number of carbonyl (C=O) groups excluding carboxylic acids is 1. The molecule has 4 rings (SSSR count). The van der Waals surface area contributed by atoms with E-state index in [0.29, 0.717) is 5.16 Å². The molecule has 0 spiro atoms. The van der Waals surface area contributed by atoms with Crippen molar-refractivity contribution in [3.63, 3.8) is 0 Å². The first-order valence-corrected chi connectivity index (χ1v) is 11.2. The van der Waals surface area contributed by atoms with E-state index in [1.807, 2.05) is 44.2 Å². The summed E-state index contributed by atoms with van der Waals surface area (Å²) in [4.78, 5) is 14.9. The third-order valence-electron chi connectivity index (χ3n) is 5.27. The Morgan fingerprint density at radius 2 is 1.77 bits per heavy atom. The number of hydrogen-bond acceptors (Lipinski definition) is 6. The van der Waals surface area contributed by atoms with E-state index in [1.54, 1.807) is 4.68 Å². The maximum Gasteiger partial charge on any atom is 0.234 e. The van der Waals surface area contributed by atoms with Crippen molar-refractivity contribution in [2.45, 2.75) is 38.4 Å². The van der Waals surface area contributed by atoms with Crippen LogP contribution in [0.2, 0.25) is 0 Å². The molecule has 1 N–H and O–H groups in total. The molecular formula is C22H26N6OS. The van der Waals surface area contributed by atoms with Gasteiger partial charge in [-0.2, -0.15) is 4.68 Å². The van der Waals surface area contributed by atoms with Crippen LogP contribution in [0.15, 0.2) is 47.6 Å². The number of nitrogens with one attached hydrogen (secondary N) is 1. The van der Waals surface area contributed by atoms with Gasteiger partial charge in [0.05, 0.1) is 11.4 Å². The number of para-hydroxylation sites is 1. The Morgan fingerprint density at radius 1 is 1.07 bits per heavy atom. The van der Waals surface area contributed by atoms with Crippen LogP contribution < -0.4 is 5.32 Å². The van der Waals surface area contributed by atoms with E-state index in [-0.39, 0.29) is 11.7 Å². The second kappa shape index (κ2) is 9.40. The molecule has 0 bridgehead atoms. The lowest BCUT2D eigenvalue weighted by atomic mass is 10.1. The lowest BCUT2D eigenvalue weighted by Crippen LogP contribution is -2.18. The Balaban J connectivity index is 1.34. The largest absolute Gasteiger partial charge is 0.325 e. The second-order valence-corrected chi connectivity index (χ2v) is 8.57. The van der Waals surface area contributed by atoms with E-state index in [2.05, 4.69) is 37.9 Å². The van der Waals surface area contributed by atoms with Gasteiger partial charge in [-0.15, -0.1) is 5.10 Å². The first kappa shape index (κ1) is 20.6. The quantitative estimate of drug-likeness (QED) is 0.586. The molecule has 3 aromatic rings. The minimum atomic E-state index is -0.0802. The van der Waals surface area contributed by atoms with Gasteiger partial charge in [0.15, 0.2) is 0 Å². The van der Waals surface area contributed by atoms with E-state index in [4.69, 9.17) is 0 Å². The van der Waals surface area contributed by atoms with Gasteiger partial charge in [0.1, 0.15) is 0 Å². The fourth-order valence-electron chi connectivity index (χ4n) is 3.77. The molecule has 0 unspecified atom stereocenters. The lowest BCUT2D eigenvalue weighted by Gasteiger charge is -2.14. The van der Waals surface area contributed by atoms with Crippen molar-refractivity contribution in [2.75, 3.05) is 24.2 Å². The zero-order valence-corrected chi connectivity index (χ0v) is 18.2. The molecule has 1 amide bonds. The van der Waals surface area contributed by atoms with Gasteiger partial charge in [-0.3, -0.25) is 9.69 Å². The first-order valence-electron chi connectivity index (χ1n) is 10.2. The highest BCUT2D eigenvalue weighted by molar-refractivity contribution is 7.99. The van der Waals surface area contributed by atoms with E-state index in [1.165, 1.54) is 43.3 Å². The van der Waals surface area contributed by atoms with Crippen LogP contribution in [0, 0.1) is 13.8 Å². The SMILES string of the molecule is Cc1cccc(C)c1-n1nnnc1SCC(=O)Nc1ccc(CN2CCCC2)cc1. The van der Waals surface area contributed by atoms with Crippen molar-refractivity contribution in [3.8, 4) is 5.69 Å². The number of amides is 1. The highest BCUT2D eigenvalue weighted by Crippen LogP contribution is 2.23. The fourth-order valence-corrected chi connectivity index (χ4v) is 4.45. The summed E-state index contributed by atoms with van der Waals surface area (Å²) in [5, 5.41) is 15.6. The number of aromatic nitrogens is 4. The van der Waals surface area contributed by atoms with Crippen LogP contribution in [0.3, 0.4) is 0 Å². The van der Waals surface area contributed by atoms with Gasteiger partial charge in [-0.1, -0.05) is 42.1 Å². The molecule has 0 aliphatic carbocycles. The third-order valence-corrected chi connectivity index (χ3v) is 6.19. The molecule has 1 aliphatic rings. The highest BCUT2D eigenvalue weighted by atomic mass is 32.2. The number of hydrogen-bond donors (Lipinski definition) is 1. The molecule has 1 saturated heterocycles. The molecule has 156 valence electrons. The minimum Gasteiger partial charge on any atom is -0.325 e. The van der Waals surface area contributed by atoms with Crippen LogP contribution in [-0.2, 0) is 11.3 Å². The molecule has 1 fully saturated rings. The van der Waals surface area contributed by atoms with Crippen molar-refractivity contribution in [1.29, 1.82) is 0 Å². The van der Waals surface area contributed by atoms with Crippen LogP contribution in [0.1, 0.15) is 29.5 Å². The van der Waals surface area contributed by atoms with Gasteiger partial charge in [0.2, 0.25) is 11.1 Å². The summed E-state index contributed by atoms with van der Waals surface area (Å²) in [5.41, 5.74) is 5.21. The summed E-state index contributed by atoms with van der Waals surface area (Å²) in [5.74, 6) is 0.157. The monoisotopic (exact) mass is 422 g/mol. The molecule has 30 heavy (non-hydrogen) atoms. The molecule has 0 atom stereocenters. The second-order valence-electron chi connectivity index (χ2n) is 7.63. The maximum absolute atomic E-state index is 12.4. The molecule has 0 saturated carbocycles. The summed E-state index contributed by atoms with van der Waals surface area (Å²) in [7, 11) is 0. The Kier molecular flexibility index (Phi) is 6.44. The van der Waals surface area contributed by atoms with Crippen LogP contribution >= 0.6 is 11.8 Å². The number of nitrogens with zero attached hydrogens (tertiary/aromatic N) is 5. The Morgan fingerprint density at radius 3 is 2.47 bits per heavy atom. The summed E-state index contributed by atoms with van der Waals surface area (Å²) in [6.45, 7) is 7.39. The van der Waals surface area contributed by atoms with Crippen LogP contribution in [0.5, 0.6) is 0 Å². The number of thioether (sulfide) groups is 1. The van der Waals surface area contributed by atoms with E-state index in [9.17, 15) is 4.79 Å². The molecule has 1 aliphatic heterocycles. The van der Waals surface area contributed by atoms with Crippen LogP contribution in [0.4, 0.5) is 5.69 Å². The van der Waals surface area contributed by atoms with Crippen molar-refractivity contribution < 1.29 is 4.79 Å². The predicted octanol–water partition coefficient (Wildman–Crippen LogP) is 3.61. The Labute approximate surface area is 180 Å². The fraction of sp³-hybridized carbons (Fsp3) is 0.364. The normalized spacial score (nSPS) is 14.2. The van der Waals surface area contributed by atoms with Crippen LogP contribution in [0.25, 0.3) is 5.69 Å². The zero-order valence-electron chi connectivity index (χ0n) is 17.3. The van der Waals surface area contributed by atoms with Crippen molar-refractivity contribution in [2.24, 2.45) is 0 Å². The Bertz CT molecular complexity index is 990. The van der Waals surface area contributed by atoms with Gasteiger partial charge in [0.25, 0.3) is 0 Å². The predicted molar refractivity (Wildman–Crippen MR) is 119 cm³/mol. The molecule has 0 radical (unpaired) electrons. The molecular weight excluding hydrogens is 396 g/mol. The number of aryl methyl sites for hydroxylation is 2. The highest BCUT2D eigenvalue weighted by Gasteiger charge is 2.15. The average Bonchev–Trinajstić information content (AvgIpc) is 3.40. The van der Waals surface area contributed by atoms with Crippen LogP contribution in [-0.4, -0.2) is 49.9 Å². The number of likely N-dealkylation sites (tertiary alicyclic amines) is 1.